The van der Waals surface area contributed by atoms with Gasteiger partial charge < -0.3 is 29.4 Å². The molecule has 0 spiro atoms. The first-order valence-corrected chi connectivity index (χ1v) is 11.7. The Morgan fingerprint density at radius 2 is 1.76 bits per heavy atom. The fraction of sp³-hybridized carbons (Fsp3) is 0.385. The minimum Gasteiger partial charge on any atom is -0.493 e. The van der Waals surface area contributed by atoms with Crippen molar-refractivity contribution in [2.24, 2.45) is 0 Å². The van der Waals surface area contributed by atoms with E-state index in [0.717, 1.165) is 34.0 Å². The van der Waals surface area contributed by atoms with E-state index in [0.29, 0.717) is 41.9 Å². The number of aryl methyl sites for hydroxylation is 2. The van der Waals surface area contributed by atoms with Crippen LogP contribution in [0.2, 0.25) is 0 Å². The van der Waals surface area contributed by atoms with Crippen molar-refractivity contribution >= 4 is 28.2 Å². The summed E-state index contributed by atoms with van der Waals surface area (Å²) in [7, 11) is 4.90. The van der Waals surface area contributed by atoms with Crippen molar-refractivity contribution in [3.8, 4) is 11.5 Å². The summed E-state index contributed by atoms with van der Waals surface area (Å²) in [5.74, 6) is 1.29. The van der Waals surface area contributed by atoms with Gasteiger partial charge in [0, 0.05) is 31.3 Å². The molecule has 2 heterocycles. The second kappa shape index (κ2) is 10.0. The molecule has 2 N–H and O–H groups in total. The van der Waals surface area contributed by atoms with Crippen LogP contribution < -0.4 is 20.3 Å². The highest BCUT2D eigenvalue weighted by Gasteiger charge is 2.33. The van der Waals surface area contributed by atoms with Crippen LogP contribution in [0.5, 0.6) is 11.5 Å². The maximum Gasteiger partial charge on any atom is 0.254 e. The number of aromatic amines is 1. The first-order valence-electron chi connectivity index (χ1n) is 11.3. The van der Waals surface area contributed by atoms with Gasteiger partial charge in [-0.15, -0.1) is 0 Å². The maximum absolute atomic E-state index is 13.4. The van der Waals surface area contributed by atoms with E-state index in [9.17, 15) is 4.79 Å². The summed E-state index contributed by atoms with van der Waals surface area (Å²) in [5.41, 5.74) is 5.74. The highest BCUT2D eigenvalue weighted by atomic mass is 32.1. The van der Waals surface area contributed by atoms with Crippen LogP contribution in [0.4, 0.5) is 0 Å². The molecular formula is C26H31N3O4S. The van der Waals surface area contributed by atoms with Gasteiger partial charge in [0.05, 0.1) is 26.9 Å². The minimum atomic E-state index is -0.374. The first-order chi connectivity index (χ1) is 16.4. The number of H-pyrrole nitrogens is 1. The van der Waals surface area contributed by atoms with Gasteiger partial charge in [-0.05, 0) is 90.5 Å². The Balaban J connectivity index is 1.89. The van der Waals surface area contributed by atoms with E-state index < -0.39 is 0 Å². The van der Waals surface area contributed by atoms with E-state index >= 15 is 0 Å². The van der Waals surface area contributed by atoms with Gasteiger partial charge in [-0.1, -0.05) is 0 Å². The molecule has 0 fully saturated rings. The highest BCUT2D eigenvalue weighted by Crippen LogP contribution is 2.40. The Labute approximate surface area is 205 Å². The average Bonchev–Trinajstić information content (AvgIpc) is 2.83. The molecule has 0 saturated heterocycles. The zero-order chi connectivity index (χ0) is 24.4. The molecule has 8 heteroatoms. The van der Waals surface area contributed by atoms with Gasteiger partial charge >= 0.3 is 0 Å². The van der Waals surface area contributed by atoms with E-state index in [-0.39, 0.29) is 11.6 Å². The van der Waals surface area contributed by atoms with E-state index in [2.05, 4.69) is 28.2 Å². The zero-order valence-electron chi connectivity index (χ0n) is 20.3. The van der Waals surface area contributed by atoms with E-state index in [1.54, 1.807) is 21.3 Å². The van der Waals surface area contributed by atoms with Crippen molar-refractivity contribution in [2.75, 3.05) is 41.0 Å². The van der Waals surface area contributed by atoms with Gasteiger partial charge in [-0.25, -0.2) is 0 Å². The number of nitrogens with zero attached hydrogens (tertiary/aromatic N) is 1. The lowest BCUT2D eigenvalue weighted by molar-refractivity contribution is 0.202. The van der Waals surface area contributed by atoms with Gasteiger partial charge in [0.1, 0.15) is 0 Å². The molecule has 1 aromatic heterocycles. The average molecular weight is 482 g/mol. The SMILES string of the molecule is COCCNC(=S)N1CCc2cc(OC)c(OC)cc2C1c1cc2cc(C)c(C)cc2[nH]c1=O. The Hall–Kier alpha value is -3.10. The number of nitrogens with one attached hydrogen (secondary N) is 2. The van der Waals surface area contributed by atoms with Crippen LogP contribution in [-0.2, 0) is 11.2 Å². The molecule has 3 aromatic rings. The van der Waals surface area contributed by atoms with Gasteiger partial charge in [0.15, 0.2) is 16.6 Å². The van der Waals surface area contributed by atoms with Crippen LogP contribution in [-0.4, -0.2) is 56.0 Å². The molecule has 0 bridgehead atoms. The zero-order valence-corrected chi connectivity index (χ0v) is 21.1. The van der Waals surface area contributed by atoms with Crippen LogP contribution in [0, 0.1) is 13.8 Å². The summed E-state index contributed by atoms with van der Waals surface area (Å²) in [5, 5.41) is 4.85. The number of benzene rings is 2. The Kier molecular flexibility index (Phi) is 7.09. The Bertz CT molecular complexity index is 1290. The van der Waals surface area contributed by atoms with Crippen molar-refractivity contribution in [3.63, 3.8) is 0 Å². The maximum atomic E-state index is 13.4. The largest absolute Gasteiger partial charge is 0.493 e. The molecule has 1 atom stereocenters. The van der Waals surface area contributed by atoms with E-state index in [1.807, 2.05) is 31.2 Å². The summed E-state index contributed by atoms with van der Waals surface area (Å²) in [6, 6.07) is 9.72. The second-order valence-electron chi connectivity index (χ2n) is 8.55. The fourth-order valence-corrected chi connectivity index (χ4v) is 4.86. The predicted octanol–water partition coefficient (Wildman–Crippen LogP) is 3.63. The van der Waals surface area contributed by atoms with Crippen LogP contribution in [0.1, 0.15) is 33.9 Å². The summed E-state index contributed by atoms with van der Waals surface area (Å²) < 4.78 is 16.3. The molecule has 1 aliphatic heterocycles. The molecular weight excluding hydrogens is 450 g/mol. The van der Waals surface area contributed by atoms with E-state index in [4.69, 9.17) is 26.4 Å². The lowest BCUT2D eigenvalue weighted by Gasteiger charge is -2.39. The molecule has 180 valence electrons. The van der Waals surface area contributed by atoms with Crippen LogP contribution >= 0.6 is 12.2 Å². The van der Waals surface area contributed by atoms with E-state index in [1.165, 1.54) is 5.56 Å². The fourth-order valence-electron chi connectivity index (χ4n) is 4.56. The third kappa shape index (κ3) is 4.48. The van der Waals surface area contributed by atoms with Crippen molar-refractivity contribution < 1.29 is 14.2 Å². The molecule has 7 nitrogen and oxygen atoms in total. The van der Waals surface area contributed by atoms with Gasteiger partial charge in [-0.2, -0.15) is 0 Å². The predicted molar refractivity (Wildman–Crippen MR) is 138 cm³/mol. The number of hydrogen-bond donors (Lipinski definition) is 2. The Morgan fingerprint density at radius 3 is 2.47 bits per heavy atom. The molecule has 2 aromatic carbocycles. The van der Waals surface area contributed by atoms with Crippen LogP contribution in [0.25, 0.3) is 10.9 Å². The summed E-state index contributed by atoms with van der Waals surface area (Å²) in [4.78, 5) is 18.6. The molecule has 0 amide bonds. The quantitative estimate of drug-likeness (QED) is 0.411. The van der Waals surface area contributed by atoms with Crippen LogP contribution in [0.3, 0.4) is 0 Å². The second-order valence-corrected chi connectivity index (χ2v) is 8.94. The van der Waals surface area contributed by atoms with Crippen molar-refractivity contribution in [3.05, 3.63) is 68.5 Å². The van der Waals surface area contributed by atoms with Gasteiger partial charge in [-0.3, -0.25) is 4.79 Å². The van der Waals surface area contributed by atoms with Gasteiger partial charge in [0.2, 0.25) is 0 Å². The molecule has 0 saturated carbocycles. The summed E-state index contributed by atoms with van der Waals surface area (Å²) in [6.07, 6.45) is 0.766. The third-order valence-corrected chi connectivity index (χ3v) is 6.88. The lowest BCUT2D eigenvalue weighted by atomic mass is 9.87. The number of rotatable bonds is 6. The summed E-state index contributed by atoms with van der Waals surface area (Å²) >= 11 is 5.77. The van der Waals surface area contributed by atoms with Crippen LogP contribution in [0.15, 0.2) is 35.1 Å². The number of pyridine rings is 1. The number of ether oxygens (including phenoxy) is 3. The molecule has 4 rings (SSSR count). The molecule has 0 radical (unpaired) electrons. The molecule has 0 aliphatic carbocycles. The number of methoxy groups -OCH3 is 3. The topological polar surface area (TPSA) is 75.8 Å². The summed E-state index contributed by atoms with van der Waals surface area (Å²) in [6.45, 7) is 5.91. The van der Waals surface area contributed by atoms with Crippen molar-refractivity contribution in [1.82, 2.24) is 15.2 Å². The van der Waals surface area contributed by atoms with Crippen molar-refractivity contribution in [1.29, 1.82) is 0 Å². The minimum absolute atomic E-state index is 0.131. The molecule has 1 unspecified atom stereocenters. The number of thiocarbonyl (C=S) groups is 1. The number of fused-ring (bicyclic) bond motifs is 2. The standard InChI is InChI=1S/C26H31N3O4S/c1-15-10-18-12-20(25(30)28-21(18)11-16(15)2)24-19-14-23(33-5)22(32-4)13-17(19)6-8-29(24)26(34)27-7-9-31-3/h10-14,24H,6-9H2,1-5H3,(H,27,34)(H,28,30). The number of aromatic nitrogens is 1. The highest BCUT2D eigenvalue weighted by molar-refractivity contribution is 7.80. The molecule has 1 aliphatic rings. The third-order valence-electron chi connectivity index (χ3n) is 6.50. The van der Waals surface area contributed by atoms with Crippen molar-refractivity contribution in [2.45, 2.75) is 26.3 Å². The first kappa shape index (κ1) is 24.0. The smallest absolute Gasteiger partial charge is 0.254 e. The van der Waals surface area contributed by atoms with Gasteiger partial charge in [0.25, 0.3) is 5.56 Å². The molecule has 34 heavy (non-hydrogen) atoms. The Morgan fingerprint density at radius 1 is 1.06 bits per heavy atom. The number of hydrogen-bond acceptors (Lipinski definition) is 5. The monoisotopic (exact) mass is 481 g/mol. The normalized spacial score (nSPS) is 15.2. The lowest BCUT2D eigenvalue weighted by Crippen LogP contribution is -2.47.